The van der Waals surface area contributed by atoms with E-state index in [-0.39, 0.29) is 18.6 Å². The van der Waals surface area contributed by atoms with Crippen molar-refractivity contribution < 1.29 is 9.53 Å². The fourth-order valence-electron chi connectivity index (χ4n) is 3.56. The molecule has 3 rings (SSSR count). The number of benzene rings is 2. The van der Waals surface area contributed by atoms with Crippen molar-refractivity contribution in [1.82, 2.24) is 5.32 Å². The van der Waals surface area contributed by atoms with E-state index >= 15 is 0 Å². The summed E-state index contributed by atoms with van der Waals surface area (Å²) >= 11 is 0. The number of nitrogens with one attached hydrogen (secondary N) is 1. The summed E-state index contributed by atoms with van der Waals surface area (Å²) in [6, 6.07) is 14.4. The first-order chi connectivity index (χ1) is 12.2. The highest BCUT2D eigenvalue weighted by Crippen LogP contribution is 2.25. The second-order valence-electron chi connectivity index (χ2n) is 6.81. The summed E-state index contributed by atoms with van der Waals surface area (Å²) in [5.74, 6) is 0.715. The standard InChI is InChI=1S/C22H27NO2/c1-3-21(20-11-7-4-8-16(20)2)23-22(24)15-25-19-13-12-17-9-5-6-10-18(17)14-19/h4,7-8,11-14,21H,3,5-6,9-10,15H2,1-2H3,(H,23,24)/t21-/m1/s1. The number of fused-ring (bicyclic) bond motifs is 1. The molecule has 25 heavy (non-hydrogen) atoms. The molecule has 0 radical (unpaired) electrons. The maximum atomic E-state index is 12.3. The van der Waals surface area contributed by atoms with E-state index in [0.717, 1.165) is 25.0 Å². The minimum atomic E-state index is -0.0761. The van der Waals surface area contributed by atoms with Gasteiger partial charge in [0.05, 0.1) is 6.04 Å². The molecule has 0 saturated carbocycles. The summed E-state index contributed by atoms with van der Waals surface area (Å²) in [6.45, 7) is 4.22. The van der Waals surface area contributed by atoms with Crippen LogP contribution < -0.4 is 10.1 Å². The zero-order chi connectivity index (χ0) is 17.6. The minimum absolute atomic E-state index is 0.0285. The molecule has 0 aromatic heterocycles. The fourth-order valence-corrected chi connectivity index (χ4v) is 3.56. The van der Waals surface area contributed by atoms with Crippen LogP contribution in [0.25, 0.3) is 0 Å². The Morgan fingerprint density at radius 1 is 1.12 bits per heavy atom. The van der Waals surface area contributed by atoms with Gasteiger partial charge in [-0.1, -0.05) is 37.3 Å². The molecule has 0 fully saturated rings. The van der Waals surface area contributed by atoms with E-state index in [1.807, 2.05) is 18.2 Å². The maximum Gasteiger partial charge on any atom is 0.258 e. The monoisotopic (exact) mass is 337 g/mol. The van der Waals surface area contributed by atoms with Gasteiger partial charge in [-0.05, 0) is 73.4 Å². The minimum Gasteiger partial charge on any atom is -0.484 e. The molecule has 1 amide bonds. The Hall–Kier alpha value is -2.29. The Morgan fingerprint density at radius 2 is 1.88 bits per heavy atom. The number of carbonyl (C=O) groups is 1. The van der Waals surface area contributed by atoms with Crippen LogP contribution in [0.5, 0.6) is 5.75 Å². The molecular weight excluding hydrogens is 310 g/mol. The van der Waals surface area contributed by atoms with Gasteiger partial charge >= 0.3 is 0 Å². The fraction of sp³-hybridized carbons (Fsp3) is 0.409. The molecule has 1 N–H and O–H groups in total. The van der Waals surface area contributed by atoms with E-state index in [9.17, 15) is 4.79 Å². The van der Waals surface area contributed by atoms with Gasteiger partial charge in [0.15, 0.2) is 6.61 Å². The third-order valence-electron chi connectivity index (χ3n) is 5.00. The van der Waals surface area contributed by atoms with E-state index in [1.165, 1.54) is 35.1 Å². The quantitative estimate of drug-likeness (QED) is 0.841. The molecule has 3 nitrogen and oxygen atoms in total. The first kappa shape index (κ1) is 17.5. The lowest BCUT2D eigenvalue weighted by Crippen LogP contribution is -2.32. The van der Waals surface area contributed by atoms with Crippen LogP contribution in [-0.2, 0) is 17.6 Å². The molecule has 0 spiro atoms. The molecule has 132 valence electrons. The molecule has 2 aromatic rings. The van der Waals surface area contributed by atoms with Crippen LogP contribution in [0, 0.1) is 6.92 Å². The zero-order valence-corrected chi connectivity index (χ0v) is 15.2. The van der Waals surface area contributed by atoms with Crippen LogP contribution in [0.3, 0.4) is 0 Å². The van der Waals surface area contributed by atoms with E-state index in [0.29, 0.717) is 0 Å². The number of ether oxygens (including phenoxy) is 1. The number of rotatable bonds is 6. The third kappa shape index (κ3) is 4.41. The topological polar surface area (TPSA) is 38.3 Å². The summed E-state index contributed by atoms with van der Waals surface area (Å²) in [6.07, 6.45) is 5.64. The molecule has 3 heteroatoms. The second-order valence-corrected chi connectivity index (χ2v) is 6.81. The molecule has 1 aliphatic carbocycles. The smallest absolute Gasteiger partial charge is 0.258 e. The zero-order valence-electron chi connectivity index (χ0n) is 15.2. The molecule has 1 atom stereocenters. The molecule has 0 unspecified atom stereocenters. The molecule has 0 heterocycles. The summed E-state index contributed by atoms with van der Waals surface area (Å²) in [4.78, 5) is 12.3. The molecule has 0 aliphatic heterocycles. The average molecular weight is 337 g/mol. The van der Waals surface area contributed by atoms with Crippen molar-refractivity contribution >= 4 is 5.91 Å². The van der Waals surface area contributed by atoms with Gasteiger partial charge in [-0.3, -0.25) is 4.79 Å². The van der Waals surface area contributed by atoms with Crippen molar-refractivity contribution in [2.45, 2.75) is 52.0 Å². The molecule has 0 bridgehead atoms. The Labute approximate surface area is 150 Å². The van der Waals surface area contributed by atoms with Crippen LogP contribution in [0.2, 0.25) is 0 Å². The summed E-state index contributed by atoms with van der Waals surface area (Å²) in [7, 11) is 0. The van der Waals surface area contributed by atoms with Crippen molar-refractivity contribution in [3.63, 3.8) is 0 Å². The normalized spacial score (nSPS) is 14.5. The van der Waals surface area contributed by atoms with Crippen molar-refractivity contribution in [1.29, 1.82) is 0 Å². The Balaban J connectivity index is 1.58. The Morgan fingerprint density at radius 3 is 2.64 bits per heavy atom. The lowest BCUT2D eigenvalue weighted by Gasteiger charge is -2.20. The van der Waals surface area contributed by atoms with Crippen molar-refractivity contribution in [2.24, 2.45) is 0 Å². The van der Waals surface area contributed by atoms with Crippen molar-refractivity contribution in [3.8, 4) is 5.75 Å². The number of aryl methyl sites for hydroxylation is 3. The SMILES string of the molecule is CC[C@@H](NC(=O)COc1ccc2c(c1)CCCC2)c1ccccc1C. The van der Waals surface area contributed by atoms with Crippen LogP contribution >= 0.6 is 0 Å². The Kier molecular flexibility index (Phi) is 5.75. The van der Waals surface area contributed by atoms with Crippen molar-refractivity contribution in [3.05, 3.63) is 64.7 Å². The van der Waals surface area contributed by atoms with Gasteiger partial charge in [0.25, 0.3) is 5.91 Å². The van der Waals surface area contributed by atoms with E-state index in [2.05, 4.69) is 43.4 Å². The molecule has 2 aromatic carbocycles. The van der Waals surface area contributed by atoms with Gasteiger partial charge in [0.1, 0.15) is 5.75 Å². The summed E-state index contributed by atoms with van der Waals surface area (Å²) in [5, 5.41) is 3.09. The van der Waals surface area contributed by atoms with Gasteiger partial charge in [-0.15, -0.1) is 0 Å². The van der Waals surface area contributed by atoms with Crippen LogP contribution in [0.15, 0.2) is 42.5 Å². The second kappa shape index (κ2) is 8.19. The summed E-state index contributed by atoms with van der Waals surface area (Å²) in [5.41, 5.74) is 5.17. The lowest BCUT2D eigenvalue weighted by molar-refractivity contribution is -0.123. The van der Waals surface area contributed by atoms with E-state index < -0.39 is 0 Å². The van der Waals surface area contributed by atoms with Crippen LogP contribution in [0.4, 0.5) is 0 Å². The van der Waals surface area contributed by atoms with Gasteiger partial charge in [0.2, 0.25) is 0 Å². The summed E-state index contributed by atoms with van der Waals surface area (Å²) < 4.78 is 5.73. The first-order valence-corrected chi connectivity index (χ1v) is 9.27. The van der Waals surface area contributed by atoms with Gasteiger partial charge < -0.3 is 10.1 Å². The van der Waals surface area contributed by atoms with Crippen LogP contribution in [-0.4, -0.2) is 12.5 Å². The van der Waals surface area contributed by atoms with Gasteiger partial charge in [-0.25, -0.2) is 0 Å². The Bertz CT molecular complexity index is 739. The van der Waals surface area contributed by atoms with Crippen molar-refractivity contribution in [2.75, 3.05) is 6.61 Å². The van der Waals surface area contributed by atoms with Gasteiger partial charge in [-0.2, -0.15) is 0 Å². The third-order valence-corrected chi connectivity index (χ3v) is 5.00. The van der Waals surface area contributed by atoms with E-state index in [4.69, 9.17) is 4.74 Å². The largest absolute Gasteiger partial charge is 0.484 e. The molecule has 1 aliphatic rings. The molecular formula is C22H27NO2. The predicted octanol–water partition coefficient (Wildman–Crippen LogP) is 4.52. The number of carbonyl (C=O) groups excluding carboxylic acids is 1. The number of hydrogen-bond acceptors (Lipinski definition) is 2. The first-order valence-electron chi connectivity index (χ1n) is 9.27. The number of amides is 1. The number of hydrogen-bond donors (Lipinski definition) is 1. The maximum absolute atomic E-state index is 12.3. The van der Waals surface area contributed by atoms with E-state index in [1.54, 1.807) is 0 Å². The highest BCUT2D eigenvalue weighted by molar-refractivity contribution is 5.78. The highest BCUT2D eigenvalue weighted by atomic mass is 16.5. The van der Waals surface area contributed by atoms with Gasteiger partial charge in [0, 0.05) is 0 Å². The molecule has 0 saturated heterocycles. The predicted molar refractivity (Wildman–Crippen MR) is 101 cm³/mol. The average Bonchev–Trinajstić information content (AvgIpc) is 2.65. The lowest BCUT2D eigenvalue weighted by atomic mass is 9.92. The van der Waals surface area contributed by atoms with Crippen LogP contribution in [0.1, 0.15) is 54.5 Å². The highest BCUT2D eigenvalue weighted by Gasteiger charge is 2.15.